The molecule has 2 N–H and O–H groups in total. The van der Waals surface area contributed by atoms with Gasteiger partial charge in [-0.25, -0.2) is 0 Å². The molecular weight excluding hydrogens is 264 g/mol. The summed E-state index contributed by atoms with van der Waals surface area (Å²) in [6.07, 6.45) is 1.81. The molecule has 1 fully saturated rings. The van der Waals surface area contributed by atoms with E-state index in [0.29, 0.717) is 19.8 Å². The van der Waals surface area contributed by atoms with Crippen molar-refractivity contribution in [2.45, 2.75) is 39.8 Å². The van der Waals surface area contributed by atoms with Gasteiger partial charge in [-0.2, -0.15) is 0 Å². The Morgan fingerprint density at radius 1 is 1.33 bits per heavy atom. The molecule has 0 saturated carbocycles. The van der Waals surface area contributed by atoms with Crippen molar-refractivity contribution in [3.8, 4) is 0 Å². The second-order valence-corrected chi connectivity index (χ2v) is 5.65. The van der Waals surface area contributed by atoms with Crippen LogP contribution in [-0.2, 0) is 22.7 Å². The Morgan fingerprint density at radius 2 is 2.10 bits per heavy atom. The normalized spacial score (nSPS) is 21.4. The number of carbonyl (C=O) groups is 1. The molecule has 0 radical (unpaired) electrons. The molecule has 0 aromatic heterocycles. The van der Waals surface area contributed by atoms with E-state index >= 15 is 0 Å². The zero-order valence-electron chi connectivity index (χ0n) is 13.1. The van der Waals surface area contributed by atoms with Gasteiger partial charge in [0.15, 0.2) is 0 Å². The lowest BCUT2D eigenvalue weighted by atomic mass is 9.83. The van der Waals surface area contributed by atoms with E-state index in [0.717, 1.165) is 37.1 Å². The van der Waals surface area contributed by atoms with Crippen molar-refractivity contribution in [1.29, 1.82) is 0 Å². The Hall–Kier alpha value is -1.39. The van der Waals surface area contributed by atoms with Crippen LogP contribution >= 0.6 is 0 Å². The molecule has 116 valence electrons. The fraction of sp³-hybridized carbons (Fsp3) is 0.588. The van der Waals surface area contributed by atoms with Crippen LogP contribution in [0.5, 0.6) is 0 Å². The first-order valence-electron chi connectivity index (χ1n) is 7.85. The van der Waals surface area contributed by atoms with Crippen molar-refractivity contribution in [2.24, 2.45) is 5.41 Å². The van der Waals surface area contributed by atoms with E-state index in [1.165, 1.54) is 0 Å². The average Bonchev–Trinajstić information content (AvgIpc) is 3.01. The summed E-state index contributed by atoms with van der Waals surface area (Å²) < 4.78 is 5.49. The van der Waals surface area contributed by atoms with Crippen LogP contribution in [0.25, 0.3) is 0 Å². The number of ether oxygens (including phenoxy) is 1. The van der Waals surface area contributed by atoms with Crippen molar-refractivity contribution >= 4 is 5.91 Å². The summed E-state index contributed by atoms with van der Waals surface area (Å²) in [5.41, 5.74) is 2.06. The van der Waals surface area contributed by atoms with Crippen molar-refractivity contribution in [2.75, 3.05) is 19.7 Å². The van der Waals surface area contributed by atoms with E-state index < -0.39 is 0 Å². The van der Waals surface area contributed by atoms with Crippen LogP contribution in [0, 0.1) is 5.41 Å². The van der Waals surface area contributed by atoms with E-state index in [1.807, 2.05) is 19.1 Å². The highest BCUT2D eigenvalue weighted by Gasteiger charge is 2.39. The summed E-state index contributed by atoms with van der Waals surface area (Å²) in [6.45, 7) is 7.67. The molecule has 0 spiro atoms. The summed E-state index contributed by atoms with van der Waals surface area (Å²) >= 11 is 0. The van der Waals surface area contributed by atoms with E-state index in [-0.39, 0.29) is 11.3 Å². The predicted octanol–water partition coefficient (Wildman–Crippen LogP) is 2.23. The van der Waals surface area contributed by atoms with Gasteiger partial charge in [-0.05, 0) is 37.4 Å². The van der Waals surface area contributed by atoms with E-state index in [1.54, 1.807) is 0 Å². The minimum Gasteiger partial charge on any atom is -0.377 e. The number of benzene rings is 1. The van der Waals surface area contributed by atoms with Gasteiger partial charge >= 0.3 is 0 Å². The molecule has 1 aromatic carbocycles. The number of rotatable bonds is 7. The monoisotopic (exact) mass is 290 g/mol. The molecule has 1 heterocycles. The van der Waals surface area contributed by atoms with Crippen molar-refractivity contribution in [3.05, 3.63) is 35.4 Å². The summed E-state index contributed by atoms with van der Waals surface area (Å²) in [7, 11) is 0. The Labute approximate surface area is 127 Å². The number of hydrogen-bond donors (Lipinski definition) is 2. The van der Waals surface area contributed by atoms with Crippen LogP contribution in [0.15, 0.2) is 24.3 Å². The molecule has 21 heavy (non-hydrogen) atoms. The molecule has 2 rings (SSSR count). The molecule has 4 heteroatoms. The van der Waals surface area contributed by atoms with E-state index in [4.69, 9.17) is 4.74 Å². The largest absolute Gasteiger partial charge is 0.377 e. The maximum absolute atomic E-state index is 12.5. The lowest BCUT2D eigenvalue weighted by molar-refractivity contribution is -0.130. The van der Waals surface area contributed by atoms with Crippen molar-refractivity contribution in [1.82, 2.24) is 10.6 Å². The van der Waals surface area contributed by atoms with Crippen LogP contribution in [0.4, 0.5) is 0 Å². The third-order valence-corrected chi connectivity index (χ3v) is 4.42. The first kappa shape index (κ1) is 16.0. The molecule has 4 nitrogen and oxygen atoms in total. The molecular formula is C17H26N2O2. The Balaban J connectivity index is 1.97. The van der Waals surface area contributed by atoms with Gasteiger partial charge in [-0.15, -0.1) is 0 Å². The third kappa shape index (κ3) is 3.83. The van der Waals surface area contributed by atoms with Gasteiger partial charge in [0.2, 0.25) is 5.91 Å². The van der Waals surface area contributed by atoms with Crippen LogP contribution < -0.4 is 10.6 Å². The summed E-state index contributed by atoms with van der Waals surface area (Å²) in [5, 5.41) is 6.42. The topological polar surface area (TPSA) is 50.4 Å². The number of hydrogen-bond acceptors (Lipinski definition) is 3. The van der Waals surface area contributed by atoms with Gasteiger partial charge in [-0.3, -0.25) is 4.79 Å². The maximum Gasteiger partial charge on any atom is 0.227 e. The maximum atomic E-state index is 12.5. The lowest BCUT2D eigenvalue weighted by Crippen LogP contribution is -2.41. The molecule has 1 unspecified atom stereocenters. The smallest absolute Gasteiger partial charge is 0.227 e. The molecule has 1 atom stereocenters. The highest BCUT2D eigenvalue weighted by atomic mass is 16.5. The standard InChI is InChI=1S/C17H26N2O2/c1-3-17(9-10-18-13-17)16(20)19-11-14-7-5-6-8-15(14)12-21-4-2/h5-8,18H,3-4,9-13H2,1-2H3,(H,19,20). The van der Waals surface area contributed by atoms with Crippen LogP contribution in [-0.4, -0.2) is 25.6 Å². The number of carbonyl (C=O) groups excluding carboxylic acids is 1. The van der Waals surface area contributed by atoms with Crippen LogP contribution in [0.3, 0.4) is 0 Å². The predicted molar refractivity (Wildman–Crippen MR) is 83.8 cm³/mol. The molecule has 1 aromatic rings. The zero-order valence-corrected chi connectivity index (χ0v) is 13.1. The fourth-order valence-electron chi connectivity index (χ4n) is 2.85. The second-order valence-electron chi connectivity index (χ2n) is 5.65. The highest BCUT2D eigenvalue weighted by molar-refractivity contribution is 5.83. The molecule has 1 saturated heterocycles. The van der Waals surface area contributed by atoms with Gasteiger partial charge in [0.1, 0.15) is 0 Å². The van der Waals surface area contributed by atoms with Gasteiger partial charge in [0.05, 0.1) is 12.0 Å². The third-order valence-electron chi connectivity index (χ3n) is 4.42. The molecule has 1 amide bonds. The summed E-state index contributed by atoms with van der Waals surface area (Å²) in [5.74, 6) is 0.168. The van der Waals surface area contributed by atoms with Gasteiger partial charge in [-0.1, -0.05) is 31.2 Å². The van der Waals surface area contributed by atoms with Crippen molar-refractivity contribution < 1.29 is 9.53 Å². The van der Waals surface area contributed by atoms with Gasteiger partial charge in [0.25, 0.3) is 0 Å². The SMILES string of the molecule is CCOCc1ccccc1CNC(=O)C1(CC)CCNC1. The first-order chi connectivity index (χ1) is 10.2. The Bertz CT molecular complexity index is 468. The molecule has 1 aliphatic heterocycles. The number of amides is 1. The first-order valence-corrected chi connectivity index (χ1v) is 7.85. The van der Waals surface area contributed by atoms with E-state index in [9.17, 15) is 4.79 Å². The fourth-order valence-corrected chi connectivity index (χ4v) is 2.85. The van der Waals surface area contributed by atoms with Crippen LogP contribution in [0.2, 0.25) is 0 Å². The molecule has 1 aliphatic rings. The van der Waals surface area contributed by atoms with E-state index in [2.05, 4.69) is 29.7 Å². The lowest BCUT2D eigenvalue weighted by Gasteiger charge is -2.25. The van der Waals surface area contributed by atoms with Gasteiger partial charge in [0, 0.05) is 19.7 Å². The quantitative estimate of drug-likeness (QED) is 0.809. The van der Waals surface area contributed by atoms with Gasteiger partial charge < -0.3 is 15.4 Å². The zero-order chi connectivity index (χ0) is 15.1. The number of nitrogens with one attached hydrogen (secondary N) is 2. The minimum atomic E-state index is -0.227. The summed E-state index contributed by atoms with van der Waals surface area (Å²) in [4.78, 5) is 12.5. The Kier molecular flexibility index (Phi) is 5.76. The molecule has 0 bridgehead atoms. The molecule has 0 aliphatic carbocycles. The second kappa shape index (κ2) is 7.57. The Morgan fingerprint density at radius 3 is 2.71 bits per heavy atom. The minimum absolute atomic E-state index is 0.168. The van der Waals surface area contributed by atoms with Crippen LogP contribution in [0.1, 0.15) is 37.8 Å². The average molecular weight is 290 g/mol. The highest BCUT2D eigenvalue weighted by Crippen LogP contribution is 2.29. The summed E-state index contributed by atoms with van der Waals surface area (Å²) in [6, 6.07) is 8.13. The van der Waals surface area contributed by atoms with Crippen molar-refractivity contribution in [3.63, 3.8) is 0 Å².